The van der Waals surface area contributed by atoms with Crippen molar-refractivity contribution in [2.75, 3.05) is 11.4 Å². The van der Waals surface area contributed by atoms with Crippen molar-refractivity contribution in [3.63, 3.8) is 0 Å². The van der Waals surface area contributed by atoms with E-state index in [0.29, 0.717) is 0 Å². The van der Waals surface area contributed by atoms with Crippen molar-refractivity contribution >= 4 is 12.0 Å². The van der Waals surface area contributed by atoms with Crippen LogP contribution in [0.2, 0.25) is 0 Å². The number of hydrogen-bond acceptors (Lipinski definition) is 3. The third-order valence-corrected chi connectivity index (χ3v) is 2.68. The Labute approximate surface area is 83.8 Å². The highest BCUT2D eigenvalue weighted by molar-refractivity contribution is 5.66. The van der Waals surface area contributed by atoms with Gasteiger partial charge in [0.25, 0.3) is 0 Å². The van der Waals surface area contributed by atoms with Crippen LogP contribution in [0.25, 0.3) is 0 Å². The molecular weight excluding hydrogens is 176 g/mol. The van der Waals surface area contributed by atoms with Gasteiger partial charge in [0.2, 0.25) is 0 Å². The SMILES string of the molecule is O=CC1CCCCN1c1cccnc1. The van der Waals surface area contributed by atoms with Gasteiger partial charge < -0.3 is 9.69 Å². The summed E-state index contributed by atoms with van der Waals surface area (Å²) in [4.78, 5) is 17.1. The van der Waals surface area contributed by atoms with Crippen molar-refractivity contribution in [2.24, 2.45) is 0 Å². The Hall–Kier alpha value is -1.38. The molecule has 1 aromatic heterocycles. The Bertz CT molecular complexity index is 299. The van der Waals surface area contributed by atoms with Gasteiger partial charge in [0.15, 0.2) is 0 Å². The molecule has 3 nitrogen and oxygen atoms in total. The molecule has 3 heteroatoms. The van der Waals surface area contributed by atoms with Crippen LogP contribution in [0.3, 0.4) is 0 Å². The molecule has 0 radical (unpaired) electrons. The predicted molar refractivity (Wildman–Crippen MR) is 55.3 cm³/mol. The third-order valence-electron chi connectivity index (χ3n) is 2.68. The van der Waals surface area contributed by atoms with Crippen LogP contribution in [-0.2, 0) is 4.79 Å². The summed E-state index contributed by atoms with van der Waals surface area (Å²) in [6.45, 7) is 0.967. The summed E-state index contributed by atoms with van der Waals surface area (Å²) in [5.41, 5.74) is 1.06. The summed E-state index contributed by atoms with van der Waals surface area (Å²) in [5.74, 6) is 0. The van der Waals surface area contributed by atoms with E-state index in [1.165, 1.54) is 6.42 Å². The summed E-state index contributed by atoms with van der Waals surface area (Å²) >= 11 is 0. The van der Waals surface area contributed by atoms with Crippen molar-refractivity contribution in [1.82, 2.24) is 4.98 Å². The minimum Gasteiger partial charge on any atom is -0.361 e. The summed E-state index contributed by atoms with van der Waals surface area (Å²) < 4.78 is 0. The maximum absolute atomic E-state index is 10.9. The van der Waals surface area contributed by atoms with Crippen LogP contribution in [-0.4, -0.2) is 23.9 Å². The molecule has 1 fully saturated rings. The van der Waals surface area contributed by atoms with E-state index in [4.69, 9.17) is 0 Å². The van der Waals surface area contributed by atoms with E-state index in [2.05, 4.69) is 9.88 Å². The maximum Gasteiger partial charge on any atom is 0.142 e. The van der Waals surface area contributed by atoms with E-state index >= 15 is 0 Å². The monoisotopic (exact) mass is 190 g/mol. The first kappa shape index (κ1) is 9.19. The molecule has 2 heterocycles. The molecule has 1 unspecified atom stereocenters. The first-order valence-corrected chi connectivity index (χ1v) is 5.04. The topological polar surface area (TPSA) is 33.2 Å². The number of aromatic nitrogens is 1. The number of aldehydes is 1. The van der Waals surface area contributed by atoms with Crippen molar-refractivity contribution < 1.29 is 4.79 Å². The molecule has 0 bridgehead atoms. The van der Waals surface area contributed by atoms with Gasteiger partial charge in [-0.3, -0.25) is 4.98 Å². The van der Waals surface area contributed by atoms with Crippen LogP contribution in [0, 0.1) is 0 Å². The van der Waals surface area contributed by atoms with Crippen LogP contribution >= 0.6 is 0 Å². The Morgan fingerprint density at radius 2 is 2.43 bits per heavy atom. The minimum absolute atomic E-state index is 0.0490. The van der Waals surface area contributed by atoms with Gasteiger partial charge in [0.1, 0.15) is 6.29 Å². The summed E-state index contributed by atoms with van der Waals surface area (Å²) in [6.07, 6.45) is 7.91. The number of rotatable bonds is 2. The second-order valence-electron chi connectivity index (χ2n) is 3.60. The van der Waals surface area contributed by atoms with Crippen LogP contribution in [0.15, 0.2) is 24.5 Å². The van der Waals surface area contributed by atoms with E-state index < -0.39 is 0 Å². The average Bonchev–Trinajstić information content (AvgIpc) is 2.30. The first-order valence-electron chi connectivity index (χ1n) is 5.04. The average molecular weight is 190 g/mol. The normalized spacial score (nSPS) is 22.0. The molecule has 0 amide bonds. The zero-order valence-electron chi connectivity index (χ0n) is 8.10. The summed E-state index contributed by atoms with van der Waals surface area (Å²) in [7, 11) is 0. The molecule has 2 rings (SSSR count). The summed E-state index contributed by atoms with van der Waals surface area (Å²) in [6, 6.07) is 3.97. The van der Waals surface area contributed by atoms with Crippen molar-refractivity contribution in [3.8, 4) is 0 Å². The van der Waals surface area contributed by atoms with Gasteiger partial charge in [-0.05, 0) is 31.4 Å². The number of hydrogen-bond donors (Lipinski definition) is 0. The molecule has 0 saturated carbocycles. The lowest BCUT2D eigenvalue weighted by atomic mass is 10.0. The molecule has 1 aliphatic rings. The third kappa shape index (κ3) is 1.76. The zero-order chi connectivity index (χ0) is 9.80. The molecule has 0 aliphatic carbocycles. The van der Waals surface area contributed by atoms with E-state index in [1.807, 2.05) is 18.3 Å². The highest BCUT2D eigenvalue weighted by Gasteiger charge is 2.21. The van der Waals surface area contributed by atoms with Gasteiger partial charge >= 0.3 is 0 Å². The predicted octanol–water partition coefficient (Wildman–Crippen LogP) is 1.64. The molecule has 0 aromatic carbocycles. The second kappa shape index (κ2) is 4.22. The van der Waals surface area contributed by atoms with Crippen LogP contribution in [0.4, 0.5) is 5.69 Å². The van der Waals surface area contributed by atoms with Gasteiger partial charge in [-0.15, -0.1) is 0 Å². The van der Waals surface area contributed by atoms with E-state index in [-0.39, 0.29) is 6.04 Å². The van der Waals surface area contributed by atoms with E-state index in [9.17, 15) is 4.79 Å². The van der Waals surface area contributed by atoms with Gasteiger partial charge in [0.05, 0.1) is 17.9 Å². The number of nitrogens with zero attached hydrogens (tertiary/aromatic N) is 2. The zero-order valence-corrected chi connectivity index (χ0v) is 8.10. The fourth-order valence-electron chi connectivity index (χ4n) is 1.94. The Morgan fingerprint density at radius 3 is 3.14 bits per heavy atom. The fourth-order valence-corrected chi connectivity index (χ4v) is 1.94. The molecule has 1 aromatic rings. The lowest BCUT2D eigenvalue weighted by Gasteiger charge is -2.33. The van der Waals surface area contributed by atoms with Crippen molar-refractivity contribution in [3.05, 3.63) is 24.5 Å². The van der Waals surface area contributed by atoms with Gasteiger partial charge in [0, 0.05) is 12.7 Å². The first-order chi connectivity index (χ1) is 6.92. The molecule has 0 spiro atoms. The number of anilines is 1. The molecule has 1 saturated heterocycles. The van der Waals surface area contributed by atoms with E-state index in [1.54, 1.807) is 6.20 Å². The Kier molecular flexibility index (Phi) is 2.77. The highest BCUT2D eigenvalue weighted by Crippen LogP contribution is 2.22. The number of carbonyl (C=O) groups is 1. The largest absolute Gasteiger partial charge is 0.361 e. The molecule has 14 heavy (non-hydrogen) atoms. The quantitative estimate of drug-likeness (QED) is 0.665. The van der Waals surface area contributed by atoms with Crippen molar-refractivity contribution in [2.45, 2.75) is 25.3 Å². The van der Waals surface area contributed by atoms with Crippen molar-refractivity contribution in [1.29, 1.82) is 0 Å². The summed E-state index contributed by atoms with van der Waals surface area (Å²) in [5, 5.41) is 0. The second-order valence-corrected chi connectivity index (χ2v) is 3.60. The standard InChI is InChI=1S/C11H14N2O/c14-9-11-4-1-2-7-13(11)10-5-3-6-12-8-10/h3,5-6,8-9,11H,1-2,4,7H2. The van der Waals surface area contributed by atoms with Crippen LogP contribution < -0.4 is 4.90 Å². The number of pyridine rings is 1. The van der Waals surface area contributed by atoms with Crippen LogP contribution in [0.1, 0.15) is 19.3 Å². The minimum atomic E-state index is 0.0490. The Balaban J connectivity index is 2.19. The number of piperidine rings is 1. The molecule has 1 aliphatic heterocycles. The Morgan fingerprint density at radius 1 is 1.50 bits per heavy atom. The highest BCUT2D eigenvalue weighted by atomic mass is 16.1. The fraction of sp³-hybridized carbons (Fsp3) is 0.455. The lowest BCUT2D eigenvalue weighted by molar-refractivity contribution is -0.109. The molecule has 74 valence electrons. The van der Waals surface area contributed by atoms with Gasteiger partial charge in [-0.2, -0.15) is 0 Å². The van der Waals surface area contributed by atoms with Crippen LogP contribution in [0.5, 0.6) is 0 Å². The molecule has 0 N–H and O–H groups in total. The molecule has 1 atom stereocenters. The maximum atomic E-state index is 10.9. The smallest absolute Gasteiger partial charge is 0.142 e. The van der Waals surface area contributed by atoms with Gasteiger partial charge in [-0.1, -0.05) is 0 Å². The molecular formula is C11H14N2O. The lowest BCUT2D eigenvalue weighted by Crippen LogP contribution is -2.40. The van der Waals surface area contributed by atoms with Gasteiger partial charge in [-0.25, -0.2) is 0 Å². The van der Waals surface area contributed by atoms with E-state index in [0.717, 1.165) is 31.4 Å². The number of carbonyl (C=O) groups excluding carboxylic acids is 1.